The molecular formula is C17H13Cl4NO3. The third-order valence-corrected chi connectivity index (χ3v) is 5.97. The van der Waals surface area contributed by atoms with Gasteiger partial charge < -0.3 is 15.1 Å². The molecule has 1 aliphatic heterocycles. The molecule has 3 rings (SSSR count). The lowest BCUT2D eigenvalue weighted by molar-refractivity contribution is -0.0554. The summed E-state index contributed by atoms with van der Waals surface area (Å²) in [6.07, 6.45) is 9.53. The maximum Gasteiger partial charge on any atom is 0.258 e. The summed E-state index contributed by atoms with van der Waals surface area (Å²) in [4.78, 5) is 14.0. The van der Waals surface area contributed by atoms with Gasteiger partial charge in [-0.25, -0.2) is 0 Å². The number of fused-ring (bicyclic) bond motifs is 1. The maximum absolute atomic E-state index is 12.9. The van der Waals surface area contributed by atoms with E-state index in [4.69, 9.17) is 46.4 Å². The van der Waals surface area contributed by atoms with Crippen molar-refractivity contribution in [2.75, 3.05) is 13.2 Å². The van der Waals surface area contributed by atoms with Gasteiger partial charge in [-0.3, -0.25) is 4.79 Å². The Bertz CT molecular complexity index is 847. The van der Waals surface area contributed by atoms with Crippen LogP contribution in [0.15, 0.2) is 36.0 Å². The van der Waals surface area contributed by atoms with Crippen molar-refractivity contribution < 1.29 is 15.0 Å². The molecule has 1 aliphatic carbocycles. The quantitative estimate of drug-likeness (QED) is 0.564. The highest BCUT2D eigenvalue weighted by molar-refractivity contribution is 6.53. The van der Waals surface area contributed by atoms with Crippen LogP contribution in [0.5, 0.6) is 0 Å². The smallest absolute Gasteiger partial charge is 0.258 e. The molecular weight excluding hydrogens is 408 g/mol. The number of amides is 1. The Morgan fingerprint density at radius 1 is 1.08 bits per heavy atom. The van der Waals surface area contributed by atoms with Crippen LogP contribution in [0.2, 0.25) is 20.1 Å². The molecule has 1 heterocycles. The second-order valence-corrected chi connectivity index (χ2v) is 7.06. The fourth-order valence-corrected chi connectivity index (χ4v) is 4.12. The van der Waals surface area contributed by atoms with Crippen molar-refractivity contribution in [2.45, 2.75) is 12.1 Å². The van der Waals surface area contributed by atoms with Crippen LogP contribution in [0.25, 0.3) is 0 Å². The molecule has 2 aliphatic rings. The van der Waals surface area contributed by atoms with E-state index in [0.717, 1.165) is 4.90 Å². The van der Waals surface area contributed by atoms with Gasteiger partial charge in [0.1, 0.15) is 0 Å². The Morgan fingerprint density at radius 3 is 2.44 bits per heavy atom. The molecule has 1 aromatic rings. The van der Waals surface area contributed by atoms with Crippen LogP contribution >= 0.6 is 46.4 Å². The number of hydrogen-bond donors (Lipinski definition) is 2. The number of β-amino-alcohol motifs (C(OH)–C–C–N with tert-alkyl or cyclic N) is 1. The number of aliphatic hydroxyl groups excluding tert-OH is 1. The summed E-state index contributed by atoms with van der Waals surface area (Å²) in [5, 5.41) is 20.7. The largest absolute Gasteiger partial charge is 0.395 e. The molecule has 1 aromatic carbocycles. The van der Waals surface area contributed by atoms with Crippen LogP contribution in [-0.4, -0.2) is 34.2 Å². The molecule has 0 radical (unpaired) electrons. The summed E-state index contributed by atoms with van der Waals surface area (Å²) in [7, 11) is 0. The summed E-state index contributed by atoms with van der Waals surface area (Å²) < 4.78 is 0. The van der Waals surface area contributed by atoms with Gasteiger partial charge >= 0.3 is 0 Å². The van der Waals surface area contributed by atoms with E-state index in [9.17, 15) is 15.0 Å². The SMILES string of the molecule is O=C1c2c(Cl)c(Cl)c(Cl)c(Cl)c2[C@](O)(C2=CC=CCC=C2)N1CCO. The first-order valence-corrected chi connectivity index (χ1v) is 8.92. The van der Waals surface area contributed by atoms with Gasteiger partial charge in [-0.05, 0) is 6.42 Å². The van der Waals surface area contributed by atoms with Crippen molar-refractivity contribution in [1.82, 2.24) is 4.90 Å². The number of rotatable bonds is 3. The molecule has 0 saturated carbocycles. The van der Waals surface area contributed by atoms with Crippen molar-refractivity contribution >= 4 is 52.3 Å². The predicted octanol–water partition coefficient (Wildman–Crippen LogP) is 4.34. The predicted molar refractivity (Wildman–Crippen MR) is 99.5 cm³/mol. The first-order valence-electron chi connectivity index (χ1n) is 7.41. The molecule has 25 heavy (non-hydrogen) atoms. The second kappa shape index (κ2) is 6.95. The summed E-state index contributed by atoms with van der Waals surface area (Å²) >= 11 is 24.8. The highest BCUT2D eigenvalue weighted by atomic mass is 35.5. The average molecular weight is 421 g/mol. The van der Waals surface area contributed by atoms with Gasteiger partial charge in [0, 0.05) is 17.7 Å². The Labute approximate surface area is 164 Å². The van der Waals surface area contributed by atoms with E-state index in [1.165, 1.54) is 0 Å². The number of allylic oxidation sites excluding steroid dienone is 4. The van der Waals surface area contributed by atoms with Gasteiger partial charge in [0.25, 0.3) is 5.91 Å². The number of carbonyl (C=O) groups is 1. The van der Waals surface area contributed by atoms with E-state index in [-0.39, 0.29) is 44.4 Å². The number of carbonyl (C=O) groups excluding carboxylic acids is 1. The van der Waals surface area contributed by atoms with E-state index >= 15 is 0 Å². The molecule has 2 N–H and O–H groups in total. The third-order valence-electron chi connectivity index (χ3n) is 4.17. The number of benzene rings is 1. The Balaban J connectivity index is 2.37. The number of hydrogen-bond acceptors (Lipinski definition) is 3. The third kappa shape index (κ3) is 2.72. The molecule has 0 saturated heterocycles. The minimum Gasteiger partial charge on any atom is -0.395 e. The van der Waals surface area contributed by atoms with E-state index in [1.54, 1.807) is 18.2 Å². The van der Waals surface area contributed by atoms with Gasteiger partial charge in [0.2, 0.25) is 0 Å². The zero-order valence-electron chi connectivity index (χ0n) is 12.8. The Kier molecular flexibility index (Phi) is 5.22. The standard InChI is InChI=1S/C17H13Cl4NO3/c18-12-10-11(13(19)15(21)14(12)20)17(25,22(7-8-23)16(10)24)9-5-3-1-2-4-6-9/h1,3-6,23,25H,2,7-8H2/t17-/m1/s1. The highest BCUT2D eigenvalue weighted by Gasteiger charge is 2.53. The van der Waals surface area contributed by atoms with Crippen molar-refractivity contribution in [3.63, 3.8) is 0 Å². The van der Waals surface area contributed by atoms with Crippen molar-refractivity contribution in [2.24, 2.45) is 0 Å². The lowest BCUT2D eigenvalue weighted by Gasteiger charge is -2.35. The minimum absolute atomic E-state index is 0.0143. The normalized spacial score (nSPS) is 22.2. The van der Waals surface area contributed by atoms with Crippen LogP contribution in [0.4, 0.5) is 0 Å². The van der Waals surface area contributed by atoms with Crippen molar-refractivity contribution in [1.29, 1.82) is 0 Å². The Hall–Kier alpha value is -1.01. The Morgan fingerprint density at radius 2 is 1.76 bits per heavy atom. The molecule has 1 amide bonds. The summed E-state index contributed by atoms with van der Waals surface area (Å²) in [6, 6.07) is 0. The average Bonchev–Trinajstić information content (AvgIpc) is 2.80. The van der Waals surface area contributed by atoms with Gasteiger partial charge in [0.05, 0.1) is 32.3 Å². The molecule has 0 bridgehead atoms. The van der Waals surface area contributed by atoms with Crippen LogP contribution in [0.1, 0.15) is 22.3 Å². The monoisotopic (exact) mass is 419 g/mol. The fourth-order valence-electron chi connectivity index (χ4n) is 3.05. The lowest BCUT2D eigenvalue weighted by Crippen LogP contribution is -2.46. The van der Waals surface area contributed by atoms with Crippen LogP contribution in [0, 0.1) is 0 Å². The first kappa shape index (κ1) is 18.8. The van der Waals surface area contributed by atoms with Gasteiger partial charge in [-0.2, -0.15) is 0 Å². The first-order chi connectivity index (χ1) is 11.9. The van der Waals surface area contributed by atoms with E-state index in [1.807, 2.05) is 12.2 Å². The summed E-state index contributed by atoms with van der Waals surface area (Å²) in [6.45, 7) is -0.480. The van der Waals surface area contributed by atoms with Gasteiger partial charge in [-0.15, -0.1) is 0 Å². The molecule has 0 spiro atoms. The summed E-state index contributed by atoms with van der Waals surface area (Å²) in [5.74, 6) is -0.584. The van der Waals surface area contributed by atoms with Gasteiger partial charge in [-0.1, -0.05) is 76.8 Å². The van der Waals surface area contributed by atoms with Crippen LogP contribution in [0.3, 0.4) is 0 Å². The lowest BCUT2D eigenvalue weighted by atomic mass is 9.92. The number of nitrogens with zero attached hydrogens (tertiary/aromatic N) is 1. The van der Waals surface area contributed by atoms with E-state index < -0.39 is 11.6 Å². The second-order valence-electron chi connectivity index (χ2n) is 5.55. The molecule has 8 heteroatoms. The minimum atomic E-state index is -1.92. The zero-order chi connectivity index (χ0) is 18.4. The molecule has 0 unspecified atom stereocenters. The molecule has 132 valence electrons. The summed E-state index contributed by atoms with van der Waals surface area (Å²) in [5.41, 5.74) is -1.47. The van der Waals surface area contributed by atoms with Crippen LogP contribution < -0.4 is 0 Å². The van der Waals surface area contributed by atoms with Gasteiger partial charge in [0.15, 0.2) is 5.72 Å². The van der Waals surface area contributed by atoms with Crippen LogP contribution in [-0.2, 0) is 5.72 Å². The maximum atomic E-state index is 12.9. The topological polar surface area (TPSA) is 60.8 Å². The van der Waals surface area contributed by atoms with E-state index in [2.05, 4.69) is 0 Å². The molecule has 0 aromatic heterocycles. The number of halogens is 4. The zero-order valence-corrected chi connectivity index (χ0v) is 15.8. The number of aliphatic hydroxyl groups is 2. The molecule has 0 fully saturated rings. The van der Waals surface area contributed by atoms with Crippen molar-refractivity contribution in [3.05, 3.63) is 67.2 Å². The molecule has 4 nitrogen and oxygen atoms in total. The van der Waals surface area contributed by atoms with E-state index in [0.29, 0.717) is 12.0 Å². The highest BCUT2D eigenvalue weighted by Crippen LogP contribution is 2.53. The fraction of sp³-hybridized carbons (Fsp3) is 0.235. The molecule has 1 atom stereocenters. The van der Waals surface area contributed by atoms with Crippen molar-refractivity contribution in [3.8, 4) is 0 Å².